The predicted octanol–water partition coefficient (Wildman–Crippen LogP) is 5.40. The van der Waals surface area contributed by atoms with Crippen LogP contribution < -0.4 is 10.1 Å². The van der Waals surface area contributed by atoms with Gasteiger partial charge in [0, 0.05) is 11.1 Å². The molecule has 0 spiro atoms. The van der Waals surface area contributed by atoms with Gasteiger partial charge in [-0.05, 0) is 56.0 Å². The maximum atomic E-state index is 13.1. The number of benzene rings is 2. The molecule has 7 heteroatoms. The fourth-order valence-electron chi connectivity index (χ4n) is 3.85. The number of hydrogen-bond donors (Lipinski definition) is 1. The highest BCUT2D eigenvalue weighted by Crippen LogP contribution is 2.34. The summed E-state index contributed by atoms with van der Waals surface area (Å²) in [6.45, 7) is 2.78. The first-order valence-electron chi connectivity index (χ1n) is 10.7. The van der Waals surface area contributed by atoms with E-state index in [4.69, 9.17) is 14.8 Å². The molecule has 0 unspecified atom stereocenters. The van der Waals surface area contributed by atoms with E-state index in [9.17, 15) is 4.79 Å². The summed E-state index contributed by atoms with van der Waals surface area (Å²) in [5, 5.41) is 8.68. The zero-order chi connectivity index (χ0) is 21.2. The highest BCUT2D eigenvalue weighted by Gasteiger charge is 2.26. The van der Waals surface area contributed by atoms with Gasteiger partial charge in [-0.3, -0.25) is 4.79 Å². The SMILES string of the molecule is CCCCOc1cccc(C(=O)Nc2c3c(nn2-c2nc4ccccc4s2)CCC3)c1. The Morgan fingerprint density at radius 3 is 2.97 bits per heavy atom. The van der Waals surface area contributed by atoms with E-state index in [-0.39, 0.29) is 5.91 Å². The molecule has 158 valence electrons. The second-order valence-electron chi connectivity index (χ2n) is 7.69. The third kappa shape index (κ3) is 3.93. The van der Waals surface area contributed by atoms with Crippen LogP contribution >= 0.6 is 11.3 Å². The number of amides is 1. The van der Waals surface area contributed by atoms with Crippen molar-refractivity contribution in [1.29, 1.82) is 0 Å². The van der Waals surface area contributed by atoms with Crippen LogP contribution in [0.5, 0.6) is 5.75 Å². The van der Waals surface area contributed by atoms with Gasteiger partial charge in [-0.1, -0.05) is 42.9 Å². The first-order chi connectivity index (χ1) is 15.2. The molecule has 2 aromatic heterocycles. The standard InChI is InChI=1S/C24H24N4O2S/c1-2-3-14-30-17-9-6-8-16(15-17)23(29)26-22-18-10-7-12-19(18)27-28(22)24-25-20-11-4-5-13-21(20)31-24/h4-6,8-9,11,13,15H,2-3,7,10,12,14H2,1H3,(H,26,29). The third-order valence-electron chi connectivity index (χ3n) is 5.47. The van der Waals surface area contributed by atoms with Crippen molar-refractivity contribution >= 4 is 33.3 Å². The molecule has 4 aromatic rings. The van der Waals surface area contributed by atoms with Crippen LogP contribution in [0, 0.1) is 0 Å². The van der Waals surface area contributed by atoms with E-state index in [2.05, 4.69) is 18.3 Å². The number of anilines is 1. The number of aryl methyl sites for hydroxylation is 1. The molecular weight excluding hydrogens is 408 g/mol. The van der Waals surface area contributed by atoms with Crippen molar-refractivity contribution in [2.75, 3.05) is 11.9 Å². The number of para-hydroxylation sites is 1. The molecule has 1 amide bonds. The van der Waals surface area contributed by atoms with E-state index in [1.165, 1.54) is 0 Å². The van der Waals surface area contributed by atoms with Crippen molar-refractivity contribution in [3.8, 4) is 10.9 Å². The van der Waals surface area contributed by atoms with Gasteiger partial charge in [0.2, 0.25) is 5.13 Å². The van der Waals surface area contributed by atoms with Crippen LogP contribution in [0.2, 0.25) is 0 Å². The summed E-state index contributed by atoms with van der Waals surface area (Å²) in [6.07, 6.45) is 4.96. The van der Waals surface area contributed by atoms with Crippen LogP contribution in [0.1, 0.15) is 47.8 Å². The van der Waals surface area contributed by atoms with Crippen molar-refractivity contribution in [3.63, 3.8) is 0 Å². The van der Waals surface area contributed by atoms with Crippen LogP contribution in [-0.4, -0.2) is 27.3 Å². The molecule has 2 heterocycles. The summed E-state index contributed by atoms with van der Waals surface area (Å²) in [5.41, 5.74) is 3.67. The largest absolute Gasteiger partial charge is 0.494 e. The number of aromatic nitrogens is 3. The third-order valence-corrected chi connectivity index (χ3v) is 6.48. The maximum absolute atomic E-state index is 13.1. The van der Waals surface area contributed by atoms with Crippen molar-refractivity contribution in [2.45, 2.75) is 39.0 Å². The smallest absolute Gasteiger partial charge is 0.256 e. The predicted molar refractivity (Wildman–Crippen MR) is 124 cm³/mol. The van der Waals surface area contributed by atoms with E-state index in [0.717, 1.165) is 64.5 Å². The molecule has 1 N–H and O–H groups in total. The highest BCUT2D eigenvalue weighted by atomic mass is 32.1. The highest BCUT2D eigenvalue weighted by molar-refractivity contribution is 7.20. The summed E-state index contributed by atoms with van der Waals surface area (Å²) in [6, 6.07) is 15.4. The summed E-state index contributed by atoms with van der Waals surface area (Å²) in [4.78, 5) is 17.9. The van der Waals surface area contributed by atoms with E-state index >= 15 is 0 Å². The van der Waals surface area contributed by atoms with Gasteiger partial charge in [-0.15, -0.1) is 0 Å². The Morgan fingerprint density at radius 1 is 1.19 bits per heavy atom. The molecule has 0 saturated heterocycles. The fourth-order valence-corrected chi connectivity index (χ4v) is 4.77. The number of nitrogens with one attached hydrogen (secondary N) is 1. The number of carbonyl (C=O) groups is 1. The molecule has 1 aliphatic carbocycles. The van der Waals surface area contributed by atoms with E-state index < -0.39 is 0 Å². The Hall–Kier alpha value is -3.19. The lowest BCUT2D eigenvalue weighted by molar-refractivity contribution is 0.102. The van der Waals surface area contributed by atoms with Gasteiger partial charge in [0.15, 0.2) is 0 Å². The molecule has 6 nitrogen and oxygen atoms in total. The van der Waals surface area contributed by atoms with Crippen LogP contribution in [0.4, 0.5) is 5.82 Å². The van der Waals surface area contributed by atoms with Crippen molar-refractivity contribution in [3.05, 3.63) is 65.4 Å². The molecule has 5 rings (SSSR count). The summed E-state index contributed by atoms with van der Waals surface area (Å²) in [5.74, 6) is 1.28. The summed E-state index contributed by atoms with van der Waals surface area (Å²) in [7, 11) is 0. The van der Waals surface area contributed by atoms with Gasteiger partial charge in [0.1, 0.15) is 11.6 Å². The zero-order valence-electron chi connectivity index (χ0n) is 17.4. The lowest BCUT2D eigenvalue weighted by Gasteiger charge is -2.10. The van der Waals surface area contributed by atoms with Crippen LogP contribution in [0.15, 0.2) is 48.5 Å². The van der Waals surface area contributed by atoms with Gasteiger partial charge in [-0.2, -0.15) is 9.78 Å². The van der Waals surface area contributed by atoms with Crippen molar-refractivity contribution < 1.29 is 9.53 Å². The minimum Gasteiger partial charge on any atom is -0.494 e. The molecule has 0 radical (unpaired) electrons. The molecule has 0 atom stereocenters. The van der Waals surface area contributed by atoms with Gasteiger partial charge >= 0.3 is 0 Å². The van der Waals surface area contributed by atoms with Gasteiger partial charge in [0.05, 0.1) is 22.5 Å². The maximum Gasteiger partial charge on any atom is 0.256 e. The second-order valence-corrected chi connectivity index (χ2v) is 8.70. The van der Waals surface area contributed by atoms with E-state index in [1.54, 1.807) is 28.2 Å². The Bertz CT molecular complexity index is 1210. The Morgan fingerprint density at radius 2 is 2.10 bits per heavy atom. The Balaban J connectivity index is 1.45. The molecular formula is C24H24N4O2S. The van der Waals surface area contributed by atoms with E-state index in [1.807, 2.05) is 30.3 Å². The summed E-state index contributed by atoms with van der Waals surface area (Å²) >= 11 is 1.58. The number of carbonyl (C=O) groups excluding carboxylic acids is 1. The van der Waals surface area contributed by atoms with Crippen molar-refractivity contribution in [1.82, 2.24) is 14.8 Å². The molecule has 0 bridgehead atoms. The monoisotopic (exact) mass is 432 g/mol. The molecule has 2 aromatic carbocycles. The van der Waals surface area contributed by atoms with Crippen LogP contribution in [-0.2, 0) is 12.8 Å². The molecule has 0 saturated carbocycles. The zero-order valence-corrected chi connectivity index (χ0v) is 18.2. The lowest BCUT2D eigenvalue weighted by atomic mass is 10.2. The number of hydrogen-bond acceptors (Lipinski definition) is 5. The van der Waals surface area contributed by atoms with E-state index in [0.29, 0.717) is 17.9 Å². The minimum absolute atomic E-state index is 0.169. The first kappa shape index (κ1) is 19.8. The lowest BCUT2D eigenvalue weighted by Crippen LogP contribution is -2.16. The molecule has 0 fully saturated rings. The second kappa shape index (κ2) is 8.51. The normalized spacial score (nSPS) is 12.8. The number of fused-ring (bicyclic) bond motifs is 2. The number of ether oxygens (including phenoxy) is 1. The van der Waals surface area contributed by atoms with Crippen LogP contribution in [0.3, 0.4) is 0 Å². The minimum atomic E-state index is -0.169. The fraction of sp³-hybridized carbons (Fsp3) is 0.292. The number of thiazole rings is 1. The Kier molecular flexibility index (Phi) is 5.42. The van der Waals surface area contributed by atoms with Crippen LogP contribution in [0.25, 0.3) is 15.3 Å². The van der Waals surface area contributed by atoms with Crippen molar-refractivity contribution in [2.24, 2.45) is 0 Å². The average molecular weight is 433 g/mol. The Labute approximate surface area is 184 Å². The topological polar surface area (TPSA) is 69.0 Å². The average Bonchev–Trinajstić information content (AvgIpc) is 3.49. The van der Waals surface area contributed by atoms with Gasteiger partial charge in [-0.25, -0.2) is 4.98 Å². The van der Waals surface area contributed by atoms with Gasteiger partial charge in [0.25, 0.3) is 5.91 Å². The van der Waals surface area contributed by atoms with Gasteiger partial charge < -0.3 is 10.1 Å². The summed E-state index contributed by atoms with van der Waals surface area (Å²) < 4.78 is 8.67. The number of nitrogens with zero attached hydrogens (tertiary/aromatic N) is 3. The first-order valence-corrected chi connectivity index (χ1v) is 11.6. The number of rotatable bonds is 7. The molecule has 31 heavy (non-hydrogen) atoms. The molecule has 1 aliphatic rings. The molecule has 0 aliphatic heterocycles. The quantitative estimate of drug-likeness (QED) is 0.397. The number of unbranched alkanes of at least 4 members (excludes halogenated alkanes) is 1.